The molecule has 1 fully saturated rings. The van der Waals surface area contributed by atoms with Crippen molar-refractivity contribution >= 4 is 29.2 Å². The van der Waals surface area contributed by atoms with E-state index in [0.29, 0.717) is 28.6 Å². The summed E-state index contributed by atoms with van der Waals surface area (Å²) in [5.74, 6) is -0.0570. The summed E-state index contributed by atoms with van der Waals surface area (Å²) in [6, 6.07) is 13.6. The Hall–Kier alpha value is -4.09. The molecule has 11 heteroatoms. The van der Waals surface area contributed by atoms with E-state index in [2.05, 4.69) is 29.7 Å². The smallest absolute Gasteiger partial charge is 0.274 e. The van der Waals surface area contributed by atoms with Crippen LogP contribution in [0.5, 0.6) is 0 Å². The van der Waals surface area contributed by atoms with Crippen molar-refractivity contribution in [2.45, 2.75) is 10.8 Å². The molecule has 0 atom stereocenters. The molecule has 174 valence electrons. The van der Waals surface area contributed by atoms with Gasteiger partial charge in [0.05, 0.1) is 17.8 Å². The van der Waals surface area contributed by atoms with Crippen LogP contribution in [0.4, 0.5) is 10.1 Å². The molecule has 1 amide bonds. The number of nitrogens with zero attached hydrogens (tertiary/aromatic N) is 6. The fraction of sp³-hybridized carbons (Fsp3) is 0.125. The topological polar surface area (TPSA) is 101 Å². The number of hydrogen-bond donors (Lipinski definition) is 1. The van der Waals surface area contributed by atoms with E-state index in [9.17, 15) is 9.18 Å². The van der Waals surface area contributed by atoms with E-state index in [0.717, 1.165) is 18.0 Å². The van der Waals surface area contributed by atoms with Gasteiger partial charge in [-0.1, -0.05) is 11.2 Å². The van der Waals surface area contributed by atoms with Crippen LogP contribution in [0.2, 0.25) is 0 Å². The number of hydrogen-bond acceptors (Lipinski definition) is 8. The first-order valence-electron chi connectivity index (χ1n) is 10.8. The Labute approximate surface area is 203 Å². The summed E-state index contributed by atoms with van der Waals surface area (Å²) in [6.45, 7) is 1.54. The summed E-state index contributed by atoms with van der Waals surface area (Å²) < 4.78 is 23.8. The third-order valence-electron chi connectivity index (χ3n) is 5.63. The second kappa shape index (κ2) is 8.93. The number of fused-ring (bicyclic) bond motifs is 1. The van der Waals surface area contributed by atoms with Crippen molar-refractivity contribution in [1.29, 1.82) is 0 Å². The Kier molecular flexibility index (Phi) is 5.47. The van der Waals surface area contributed by atoms with Crippen LogP contribution in [0, 0.1) is 5.82 Å². The Morgan fingerprint density at radius 1 is 1.14 bits per heavy atom. The molecule has 9 nitrogen and oxygen atoms in total. The van der Waals surface area contributed by atoms with Crippen LogP contribution in [0.3, 0.4) is 0 Å². The lowest BCUT2D eigenvalue weighted by atomic mass is 10.0. The van der Waals surface area contributed by atoms with Crippen molar-refractivity contribution in [1.82, 2.24) is 28.8 Å². The highest BCUT2D eigenvalue weighted by molar-refractivity contribution is 7.97. The zero-order valence-corrected chi connectivity index (χ0v) is 19.0. The standard InChI is InChI=1S/C24H18FN7O2S/c25-18-7-6-15(10-19(18)28-23(33)20-12-27-21-5-1-2-9-32(20)21)22-29-24(34-30-22)16-13-31(14-16)35-17-4-3-8-26-11-17/h1-12,16H,13-14H2,(H,28,33). The fourth-order valence-corrected chi connectivity index (χ4v) is 4.84. The van der Waals surface area contributed by atoms with Gasteiger partial charge in [-0.25, -0.2) is 13.7 Å². The molecule has 0 saturated carbocycles. The molecule has 1 aromatic carbocycles. The lowest BCUT2D eigenvalue weighted by Gasteiger charge is -2.35. The molecule has 1 aliphatic rings. The van der Waals surface area contributed by atoms with E-state index in [1.165, 1.54) is 18.3 Å². The third-order valence-corrected chi connectivity index (χ3v) is 6.64. The Bertz CT molecular complexity index is 1510. The average Bonchev–Trinajstić information content (AvgIpc) is 3.51. The number of carbonyl (C=O) groups excluding carboxylic acids is 1. The molecule has 0 aliphatic carbocycles. The van der Waals surface area contributed by atoms with Crippen molar-refractivity contribution in [3.05, 3.63) is 90.7 Å². The molecule has 1 aliphatic heterocycles. The SMILES string of the molecule is O=C(Nc1cc(-c2noc(C3CN(Sc4cccnc4)C3)n2)ccc1F)c1cnc2ccccn12. The van der Waals surface area contributed by atoms with Crippen LogP contribution >= 0.6 is 11.9 Å². The summed E-state index contributed by atoms with van der Waals surface area (Å²) >= 11 is 1.63. The number of pyridine rings is 2. The molecule has 0 radical (unpaired) electrons. The number of aromatic nitrogens is 5. The first-order valence-corrected chi connectivity index (χ1v) is 11.6. The van der Waals surface area contributed by atoms with Gasteiger partial charge in [-0.05, 0) is 54.4 Å². The highest BCUT2D eigenvalue weighted by Gasteiger charge is 2.33. The van der Waals surface area contributed by atoms with Gasteiger partial charge in [0.25, 0.3) is 5.91 Å². The van der Waals surface area contributed by atoms with Gasteiger partial charge in [0.1, 0.15) is 17.2 Å². The predicted molar refractivity (Wildman–Crippen MR) is 127 cm³/mol. The van der Waals surface area contributed by atoms with Gasteiger partial charge in [0, 0.05) is 42.1 Å². The van der Waals surface area contributed by atoms with E-state index in [-0.39, 0.29) is 11.6 Å². The molecule has 0 spiro atoms. The zero-order chi connectivity index (χ0) is 23.8. The van der Waals surface area contributed by atoms with Crippen LogP contribution in [-0.4, -0.2) is 47.8 Å². The van der Waals surface area contributed by atoms with Crippen LogP contribution in [0.1, 0.15) is 22.3 Å². The zero-order valence-electron chi connectivity index (χ0n) is 18.2. The van der Waals surface area contributed by atoms with E-state index in [1.54, 1.807) is 46.9 Å². The number of nitrogens with one attached hydrogen (secondary N) is 1. The Morgan fingerprint density at radius 2 is 2.06 bits per heavy atom. The molecule has 0 bridgehead atoms. The molecule has 1 N–H and O–H groups in total. The Balaban J connectivity index is 1.15. The maximum Gasteiger partial charge on any atom is 0.274 e. The monoisotopic (exact) mass is 487 g/mol. The summed E-state index contributed by atoms with van der Waals surface area (Å²) in [5.41, 5.74) is 1.48. The molecule has 5 aromatic rings. The lowest BCUT2D eigenvalue weighted by Crippen LogP contribution is -2.40. The van der Waals surface area contributed by atoms with Crippen LogP contribution < -0.4 is 5.32 Å². The van der Waals surface area contributed by atoms with Gasteiger partial charge >= 0.3 is 0 Å². The van der Waals surface area contributed by atoms with E-state index in [4.69, 9.17) is 4.52 Å². The van der Waals surface area contributed by atoms with Gasteiger partial charge in [-0.3, -0.25) is 14.2 Å². The first kappa shape index (κ1) is 21.4. The first-order chi connectivity index (χ1) is 17.1. The highest BCUT2D eigenvalue weighted by atomic mass is 32.2. The van der Waals surface area contributed by atoms with E-state index in [1.807, 2.05) is 24.4 Å². The molecule has 6 rings (SSSR count). The number of benzene rings is 1. The number of amides is 1. The molecule has 35 heavy (non-hydrogen) atoms. The van der Waals surface area contributed by atoms with Crippen molar-refractivity contribution in [3.8, 4) is 11.4 Å². The second-order valence-corrected chi connectivity index (χ2v) is 9.17. The second-order valence-electron chi connectivity index (χ2n) is 8.00. The normalized spacial score (nSPS) is 14.2. The molecule has 5 heterocycles. The molecular formula is C24H18FN7O2S. The van der Waals surface area contributed by atoms with Gasteiger partial charge in [0.15, 0.2) is 0 Å². The average molecular weight is 488 g/mol. The van der Waals surface area contributed by atoms with Crippen molar-refractivity contribution in [2.24, 2.45) is 0 Å². The number of carbonyl (C=O) groups is 1. The number of anilines is 1. The largest absolute Gasteiger partial charge is 0.339 e. The van der Waals surface area contributed by atoms with Crippen LogP contribution in [-0.2, 0) is 0 Å². The van der Waals surface area contributed by atoms with Crippen LogP contribution in [0.25, 0.3) is 17.0 Å². The molecular weight excluding hydrogens is 469 g/mol. The Morgan fingerprint density at radius 3 is 2.91 bits per heavy atom. The molecule has 4 aromatic heterocycles. The predicted octanol–water partition coefficient (Wildman–Crippen LogP) is 4.28. The summed E-state index contributed by atoms with van der Waals surface area (Å²) in [5, 5.41) is 6.69. The number of imidazole rings is 1. The van der Waals surface area contributed by atoms with Crippen molar-refractivity contribution < 1.29 is 13.7 Å². The third kappa shape index (κ3) is 4.27. The van der Waals surface area contributed by atoms with Gasteiger partial charge in [0.2, 0.25) is 11.7 Å². The minimum atomic E-state index is -0.568. The van der Waals surface area contributed by atoms with E-state index < -0.39 is 11.7 Å². The summed E-state index contributed by atoms with van der Waals surface area (Å²) in [6.07, 6.45) is 6.74. The van der Waals surface area contributed by atoms with Crippen molar-refractivity contribution in [2.75, 3.05) is 18.4 Å². The highest BCUT2D eigenvalue weighted by Crippen LogP contribution is 2.35. The summed E-state index contributed by atoms with van der Waals surface area (Å²) in [7, 11) is 0. The lowest BCUT2D eigenvalue weighted by molar-refractivity contribution is 0.102. The minimum Gasteiger partial charge on any atom is -0.339 e. The number of rotatable bonds is 6. The van der Waals surface area contributed by atoms with Crippen molar-refractivity contribution in [3.63, 3.8) is 0 Å². The molecule has 0 unspecified atom stereocenters. The maximum atomic E-state index is 14.5. The maximum absolute atomic E-state index is 14.5. The number of halogens is 1. The van der Waals surface area contributed by atoms with Gasteiger partial charge < -0.3 is 9.84 Å². The van der Waals surface area contributed by atoms with Gasteiger partial charge in [-0.2, -0.15) is 4.98 Å². The molecule has 1 saturated heterocycles. The van der Waals surface area contributed by atoms with E-state index >= 15 is 0 Å². The summed E-state index contributed by atoms with van der Waals surface area (Å²) in [4.78, 5) is 26.7. The van der Waals surface area contributed by atoms with Crippen LogP contribution in [0.15, 0.2) is 82.7 Å². The van der Waals surface area contributed by atoms with Gasteiger partial charge in [-0.15, -0.1) is 0 Å². The minimum absolute atomic E-state index is 0.0208. The fourth-order valence-electron chi connectivity index (χ4n) is 3.78. The quantitative estimate of drug-likeness (QED) is 0.354.